The van der Waals surface area contributed by atoms with Gasteiger partial charge in [0.25, 0.3) is 5.91 Å². The summed E-state index contributed by atoms with van der Waals surface area (Å²) in [6.45, 7) is 8.94. The SMILES string of the molecule is CCN(CC)Cc1ccc(C(=O)NC(C)c2ccc(S(N)(=O)=O)cc2)cc1. The molecular formula is C20H27N3O3S. The first-order chi connectivity index (χ1) is 12.7. The van der Waals surface area contributed by atoms with Gasteiger partial charge in [0, 0.05) is 12.1 Å². The second kappa shape index (κ2) is 9.12. The van der Waals surface area contributed by atoms with E-state index in [0.717, 1.165) is 25.2 Å². The average Bonchev–Trinajstić information content (AvgIpc) is 2.65. The molecule has 0 aliphatic carbocycles. The van der Waals surface area contributed by atoms with Crippen molar-refractivity contribution in [1.82, 2.24) is 10.2 Å². The third kappa shape index (κ3) is 5.89. The zero-order valence-electron chi connectivity index (χ0n) is 16.0. The smallest absolute Gasteiger partial charge is 0.251 e. The Morgan fingerprint density at radius 1 is 1.04 bits per heavy atom. The van der Waals surface area contributed by atoms with E-state index in [1.165, 1.54) is 17.7 Å². The van der Waals surface area contributed by atoms with Crippen molar-refractivity contribution in [2.75, 3.05) is 13.1 Å². The van der Waals surface area contributed by atoms with E-state index in [1.54, 1.807) is 12.1 Å². The summed E-state index contributed by atoms with van der Waals surface area (Å²) in [5.41, 5.74) is 2.56. The molecule has 0 spiro atoms. The molecule has 0 aliphatic rings. The van der Waals surface area contributed by atoms with Crippen molar-refractivity contribution in [2.24, 2.45) is 5.14 Å². The molecule has 2 rings (SSSR count). The highest BCUT2D eigenvalue weighted by Crippen LogP contribution is 2.16. The van der Waals surface area contributed by atoms with Crippen molar-refractivity contribution < 1.29 is 13.2 Å². The number of carbonyl (C=O) groups excluding carboxylic acids is 1. The summed E-state index contributed by atoms with van der Waals surface area (Å²) in [6, 6.07) is 13.5. The molecule has 7 heteroatoms. The average molecular weight is 390 g/mol. The molecule has 1 unspecified atom stereocenters. The van der Waals surface area contributed by atoms with E-state index in [2.05, 4.69) is 24.1 Å². The molecule has 0 saturated carbocycles. The number of nitrogens with two attached hydrogens (primary N) is 1. The first-order valence-corrected chi connectivity index (χ1v) is 10.5. The van der Waals surface area contributed by atoms with Crippen LogP contribution in [0.4, 0.5) is 0 Å². The standard InChI is InChI=1S/C20H27N3O3S/c1-4-23(5-2)14-16-6-8-18(9-7-16)20(24)22-15(3)17-10-12-19(13-11-17)27(21,25)26/h6-13,15H,4-5,14H2,1-3H3,(H,22,24)(H2,21,25,26). The van der Waals surface area contributed by atoms with E-state index in [0.29, 0.717) is 5.56 Å². The number of hydrogen-bond acceptors (Lipinski definition) is 4. The molecule has 1 atom stereocenters. The number of sulfonamides is 1. The molecule has 0 saturated heterocycles. The maximum absolute atomic E-state index is 12.5. The largest absolute Gasteiger partial charge is 0.346 e. The van der Waals surface area contributed by atoms with Crippen molar-refractivity contribution in [2.45, 2.75) is 38.3 Å². The third-order valence-electron chi connectivity index (χ3n) is 4.57. The molecule has 0 aliphatic heterocycles. The monoisotopic (exact) mass is 389 g/mol. The van der Waals surface area contributed by atoms with E-state index in [4.69, 9.17) is 5.14 Å². The molecule has 2 aromatic carbocycles. The van der Waals surface area contributed by atoms with Gasteiger partial charge in [-0.1, -0.05) is 38.1 Å². The lowest BCUT2D eigenvalue weighted by Gasteiger charge is -2.18. The first kappa shape index (κ1) is 21.1. The van der Waals surface area contributed by atoms with E-state index >= 15 is 0 Å². The maximum Gasteiger partial charge on any atom is 0.251 e. The zero-order chi connectivity index (χ0) is 20.0. The quantitative estimate of drug-likeness (QED) is 0.726. The van der Waals surface area contributed by atoms with Gasteiger partial charge in [-0.15, -0.1) is 0 Å². The van der Waals surface area contributed by atoms with Crippen LogP contribution in [-0.2, 0) is 16.6 Å². The highest BCUT2D eigenvalue weighted by molar-refractivity contribution is 7.89. The minimum absolute atomic E-state index is 0.0496. The molecule has 6 nitrogen and oxygen atoms in total. The summed E-state index contributed by atoms with van der Waals surface area (Å²) in [7, 11) is -3.72. The molecule has 3 N–H and O–H groups in total. The normalized spacial score (nSPS) is 12.8. The number of nitrogens with zero attached hydrogens (tertiary/aromatic N) is 1. The Kier molecular flexibility index (Phi) is 7.12. The van der Waals surface area contributed by atoms with Gasteiger partial charge in [-0.05, 0) is 55.4 Å². The molecular weight excluding hydrogens is 362 g/mol. The van der Waals surface area contributed by atoms with Gasteiger partial charge in [0.05, 0.1) is 10.9 Å². The van der Waals surface area contributed by atoms with Gasteiger partial charge < -0.3 is 5.32 Å². The third-order valence-corrected chi connectivity index (χ3v) is 5.50. The Bertz CT molecular complexity index is 858. The van der Waals surface area contributed by atoms with Crippen LogP contribution in [0.15, 0.2) is 53.4 Å². The second-order valence-electron chi connectivity index (χ2n) is 6.47. The summed E-state index contributed by atoms with van der Waals surface area (Å²) < 4.78 is 22.6. The minimum atomic E-state index is -3.72. The van der Waals surface area contributed by atoms with E-state index < -0.39 is 10.0 Å². The highest BCUT2D eigenvalue weighted by Gasteiger charge is 2.13. The molecule has 27 heavy (non-hydrogen) atoms. The van der Waals surface area contributed by atoms with E-state index in [1.807, 2.05) is 31.2 Å². The number of primary sulfonamides is 1. The Labute approximate surface area is 161 Å². The highest BCUT2D eigenvalue weighted by atomic mass is 32.2. The lowest BCUT2D eigenvalue weighted by Crippen LogP contribution is -2.27. The van der Waals surface area contributed by atoms with Crippen molar-refractivity contribution in [1.29, 1.82) is 0 Å². The summed E-state index contributed by atoms with van der Waals surface area (Å²) in [5.74, 6) is -0.174. The Hall–Kier alpha value is -2.22. The van der Waals surface area contributed by atoms with Gasteiger partial charge in [-0.2, -0.15) is 0 Å². The molecule has 146 valence electrons. The topological polar surface area (TPSA) is 92.5 Å². The van der Waals surface area contributed by atoms with Crippen LogP contribution in [0.1, 0.15) is 48.3 Å². The molecule has 0 aromatic heterocycles. The van der Waals surface area contributed by atoms with Crippen LogP contribution >= 0.6 is 0 Å². The van der Waals surface area contributed by atoms with Crippen LogP contribution in [0.2, 0.25) is 0 Å². The fourth-order valence-corrected chi connectivity index (χ4v) is 3.29. The molecule has 0 bridgehead atoms. The van der Waals surface area contributed by atoms with Crippen LogP contribution in [0.25, 0.3) is 0 Å². The van der Waals surface area contributed by atoms with Crippen molar-refractivity contribution in [3.05, 3.63) is 65.2 Å². The van der Waals surface area contributed by atoms with Crippen LogP contribution in [0, 0.1) is 0 Å². The van der Waals surface area contributed by atoms with Gasteiger partial charge in [0.15, 0.2) is 0 Å². The van der Waals surface area contributed by atoms with Gasteiger partial charge in [0.2, 0.25) is 10.0 Å². The van der Waals surface area contributed by atoms with Gasteiger partial charge in [-0.25, -0.2) is 13.6 Å². The lowest BCUT2D eigenvalue weighted by atomic mass is 10.1. The van der Waals surface area contributed by atoms with Crippen LogP contribution in [0.3, 0.4) is 0 Å². The molecule has 0 radical (unpaired) electrons. The Morgan fingerprint density at radius 2 is 1.59 bits per heavy atom. The number of carbonyl (C=O) groups is 1. The number of benzene rings is 2. The maximum atomic E-state index is 12.5. The number of amides is 1. The van der Waals surface area contributed by atoms with Crippen molar-refractivity contribution >= 4 is 15.9 Å². The fraction of sp³-hybridized carbons (Fsp3) is 0.350. The number of hydrogen-bond donors (Lipinski definition) is 2. The molecule has 2 aromatic rings. The Morgan fingerprint density at radius 3 is 2.07 bits per heavy atom. The zero-order valence-corrected chi connectivity index (χ0v) is 16.8. The van der Waals surface area contributed by atoms with E-state index in [9.17, 15) is 13.2 Å². The lowest BCUT2D eigenvalue weighted by molar-refractivity contribution is 0.0940. The van der Waals surface area contributed by atoms with Gasteiger partial charge >= 0.3 is 0 Å². The molecule has 1 amide bonds. The fourth-order valence-electron chi connectivity index (χ4n) is 2.78. The second-order valence-corrected chi connectivity index (χ2v) is 8.03. The molecule has 0 heterocycles. The van der Waals surface area contributed by atoms with E-state index in [-0.39, 0.29) is 16.8 Å². The predicted molar refractivity (Wildman–Crippen MR) is 107 cm³/mol. The molecule has 0 fully saturated rings. The number of nitrogens with one attached hydrogen (secondary N) is 1. The summed E-state index contributed by atoms with van der Waals surface area (Å²) in [6.07, 6.45) is 0. The van der Waals surface area contributed by atoms with Crippen LogP contribution in [-0.4, -0.2) is 32.3 Å². The van der Waals surface area contributed by atoms with Crippen molar-refractivity contribution in [3.8, 4) is 0 Å². The minimum Gasteiger partial charge on any atom is -0.346 e. The summed E-state index contributed by atoms with van der Waals surface area (Å²) in [4.78, 5) is 14.8. The summed E-state index contributed by atoms with van der Waals surface area (Å²) >= 11 is 0. The van der Waals surface area contributed by atoms with Crippen LogP contribution in [0.5, 0.6) is 0 Å². The van der Waals surface area contributed by atoms with Crippen LogP contribution < -0.4 is 10.5 Å². The Balaban J connectivity index is 2.01. The first-order valence-electron chi connectivity index (χ1n) is 8.99. The van der Waals surface area contributed by atoms with Gasteiger partial charge in [0.1, 0.15) is 0 Å². The van der Waals surface area contributed by atoms with Gasteiger partial charge in [-0.3, -0.25) is 9.69 Å². The predicted octanol–water partition coefficient (Wildman–Crippen LogP) is 2.67. The van der Waals surface area contributed by atoms with Crippen molar-refractivity contribution in [3.63, 3.8) is 0 Å². The number of rotatable bonds is 8. The summed E-state index contributed by atoms with van der Waals surface area (Å²) in [5, 5.41) is 8.02.